The third-order valence-corrected chi connectivity index (χ3v) is 2.95. The Kier molecular flexibility index (Phi) is 3.71. The van der Waals surface area contributed by atoms with E-state index >= 15 is 0 Å². The van der Waals surface area contributed by atoms with Gasteiger partial charge in [0.2, 0.25) is 0 Å². The van der Waals surface area contributed by atoms with E-state index in [9.17, 15) is 8.78 Å². The summed E-state index contributed by atoms with van der Waals surface area (Å²) in [5.41, 5.74) is 0.905. The highest BCUT2D eigenvalue weighted by Crippen LogP contribution is 2.27. The number of halogens is 2. The zero-order valence-electron chi connectivity index (χ0n) is 9.74. The Morgan fingerprint density at radius 2 is 1.83 bits per heavy atom. The molecule has 18 heavy (non-hydrogen) atoms. The van der Waals surface area contributed by atoms with Gasteiger partial charge in [-0.3, -0.25) is 0 Å². The molecule has 0 saturated carbocycles. The van der Waals surface area contributed by atoms with Crippen LogP contribution in [0.15, 0.2) is 28.6 Å². The van der Waals surface area contributed by atoms with Gasteiger partial charge in [0.1, 0.15) is 5.03 Å². The molecular formula is C11H10F2N4S. The van der Waals surface area contributed by atoms with Gasteiger partial charge in [0, 0.05) is 25.5 Å². The van der Waals surface area contributed by atoms with Gasteiger partial charge in [-0.2, -0.15) is 0 Å². The lowest BCUT2D eigenvalue weighted by molar-refractivity contribution is 0.551. The standard InChI is InChI=1S/C11H10F2N4S/c1-6-4-15-11(16-5-6)18-10-8(13)3-7(12)9(14-2)17-10/h3-5H,1-2H3,(H,14,17). The number of anilines is 1. The van der Waals surface area contributed by atoms with Crippen molar-refractivity contribution in [2.45, 2.75) is 17.1 Å². The van der Waals surface area contributed by atoms with Gasteiger partial charge in [-0.25, -0.2) is 23.7 Å². The van der Waals surface area contributed by atoms with E-state index in [-0.39, 0.29) is 10.8 Å². The van der Waals surface area contributed by atoms with Gasteiger partial charge in [-0.05, 0) is 24.2 Å². The average Bonchev–Trinajstić information content (AvgIpc) is 2.35. The van der Waals surface area contributed by atoms with Crippen LogP contribution in [0.2, 0.25) is 0 Å². The number of hydrogen-bond acceptors (Lipinski definition) is 5. The minimum Gasteiger partial charge on any atom is -0.371 e. The molecule has 0 fully saturated rings. The van der Waals surface area contributed by atoms with E-state index in [2.05, 4.69) is 20.3 Å². The molecule has 7 heteroatoms. The monoisotopic (exact) mass is 268 g/mol. The van der Waals surface area contributed by atoms with Crippen molar-refractivity contribution >= 4 is 17.6 Å². The summed E-state index contributed by atoms with van der Waals surface area (Å²) in [7, 11) is 1.51. The van der Waals surface area contributed by atoms with Gasteiger partial charge in [-0.1, -0.05) is 0 Å². The molecule has 4 nitrogen and oxygen atoms in total. The highest BCUT2D eigenvalue weighted by molar-refractivity contribution is 7.99. The summed E-state index contributed by atoms with van der Waals surface area (Å²) in [5.74, 6) is -1.48. The van der Waals surface area contributed by atoms with Gasteiger partial charge in [0.05, 0.1) is 0 Å². The van der Waals surface area contributed by atoms with Crippen LogP contribution in [-0.2, 0) is 0 Å². The fourth-order valence-corrected chi connectivity index (χ4v) is 1.89. The van der Waals surface area contributed by atoms with Crippen LogP contribution in [0.25, 0.3) is 0 Å². The molecule has 94 valence electrons. The molecule has 2 rings (SSSR count). The Bertz CT molecular complexity index is 560. The molecule has 0 aliphatic carbocycles. The van der Waals surface area contributed by atoms with Crippen LogP contribution >= 0.6 is 11.8 Å². The van der Waals surface area contributed by atoms with E-state index in [1.807, 2.05) is 6.92 Å². The van der Waals surface area contributed by atoms with Gasteiger partial charge < -0.3 is 5.32 Å². The summed E-state index contributed by atoms with van der Waals surface area (Å²) in [6, 6.07) is 0.787. The first-order chi connectivity index (χ1) is 8.60. The molecule has 0 unspecified atom stereocenters. The number of pyridine rings is 1. The van der Waals surface area contributed by atoms with E-state index in [4.69, 9.17) is 0 Å². The maximum Gasteiger partial charge on any atom is 0.193 e. The number of aryl methyl sites for hydroxylation is 1. The molecule has 0 aliphatic rings. The van der Waals surface area contributed by atoms with Crippen LogP contribution in [0.4, 0.5) is 14.6 Å². The van der Waals surface area contributed by atoms with Crippen molar-refractivity contribution in [2.24, 2.45) is 0 Å². The SMILES string of the molecule is CNc1nc(Sc2ncc(C)cn2)c(F)cc1F. The first kappa shape index (κ1) is 12.7. The molecule has 0 atom stereocenters. The molecule has 0 aromatic carbocycles. The average molecular weight is 268 g/mol. The molecule has 2 heterocycles. The fraction of sp³-hybridized carbons (Fsp3) is 0.182. The fourth-order valence-electron chi connectivity index (χ4n) is 1.22. The topological polar surface area (TPSA) is 50.7 Å². The van der Waals surface area contributed by atoms with Crippen LogP contribution in [0.3, 0.4) is 0 Å². The number of aromatic nitrogens is 3. The molecule has 0 aliphatic heterocycles. The predicted octanol–water partition coefficient (Wildman–Crippen LogP) is 2.65. The van der Waals surface area contributed by atoms with E-state index in [0.717, 1.165) is 23.4 Å². The maximum absolute atomic E-state index is 13.5. The normalized spacial score (nSPS) is 10.4. The quantitative estimate of drug-likeness (QED) is 0.867. The van der Waals surface area contributed by atoms with E-state index in [1.165, 1.54) is 7.05 Å². The Morgan fingerprint density at radius 1 is 1.17 bits per heavy atom. The second-order valence-corrected chi connectivity index (χ2v) is 4.46. The largest absolute Gasteiger partial charge is 0.371 e. The van der Waals surface area contributed by atoms with Gasteiger partial charge in [-0.15, -0.1) is 0 Å². The van der Waals surface area contributed by atoms with Crippen molar-refractivity contribution in [1.82, 2.24) is 15.0 Å². The Balaban J connectivity index is 2.31. The first-order valence-corrected chi connectivity index (χ1v) is 5.92. The molecular weight excluding hydrogens is 258 g/mol. The first-order valence-electron chi connectivity index (χ1n) is 5.10. The molecule has 1 N–H and O–H groups in total. The van der Waals surface area contributed by atoms with E-state index < -0.39 is 11.6 Å². The Morgan fingerprint density at radius 3 is 2.44 bits per heavy atom. The van der Waals surface area contributed by atoms with Crippen LogP contribution in [0.5, 0.6) is 0 Å². The lowest BCUT2D eigenvalue weighted by Gasteiger charge is -2.05. The lowest BCUT2D eigenvalue weighted by Crippen LogP contribution is -2.00. The second-order valence-electron chi connectivity index (χ2n) is 3.50. The summed E-state index contributed by atoms with van der Waals surface area (Å²) < 4.78 is 26.7. The predicted molar refractivity (Wildman–Crippen MR) is 64.6 cm³/mol. The number of nitrogens with one attached hydrogen (secondary N) is 1. The van der Waals surface area contributed by atoms with Crippen molar-refractivity contribution in [3.05, 3.63) is 35.7 Å². The highest BCUT2D eigenvalue weighted by atomic mass is 32.2. The van der Waals surface area contributed by atoms with E-state index in [1.54, 1.807) is 12.4 Å². The Labute approximate surface area is 107 Å². The maximum atomic E-state index is 13.5. The molecule has 2 aromatic heterocycles. The third-order valence-electron chi connectivity index (χ3n) is 2.08. The van der Waals surface area contributed by atoms with Crippen LogP contribution in [-0.4, -0.2) is 22.0 Å². The summed E-state index contributed by atoms with van der Waals surface area (Å²) in [6.07, 6.45) is 3.24. The molecule has 2 aromatic rings. The van der Waals surface area contributed by atoms with Crippen LogP contribution in [0, 0.1) is 18.6 Å². The third kappa shape index (κ3) is 2.73. The zero-order chi connectivity index (χ0) is 13.1. The number of nitrogens with zero attached hydrogens (tertiary/aromatic N) is 3. The van der Waals surface area contributed by atoms with Crippen LogP contribution in [0.1, 0.15) is 5.56 Å². The smallest absolute Gasteiger partial charge is 0.193 e. The van der Waals surface area contributed by atoms with Gasteiger partial charge in [0.15, 0.2) is 22.6 Å². The molecule has 0 amide bonds. The van der Waals surface area contributed by atoms with Crippen molar-refractivity contribution in [1.29, 1.82) is 0 Å². The zero-order valence-corrected chi connectivity index (χ0v) is 10.6. The van der Waals surface area contributed by atoms with Gasteiger partial charge >= 0.3 is 0 Å². The molecule has 0 saturated heterocycles. The minimum atomic E-state index is -0.735. The van der Waals surface area contributed by atoms with Gasteiger partial charge in [0.25, 0.3) is 0 Å². The van der Waals surface area contributed by atoms with E-state index in [0.29, 0.717) is 5.16 Å². The summed E-state index contributed by atoms with van der Waals surface area (Å²) in [6.45, 7) is 1.85. The summed E-state index contributed by atoms with van der Waals surface area (Å²) in [5, 5.41) is 2.94. The minimum absolute atomic E-state index is 0.00832. The van der Waals surface area contributed by atoms with Crippen molar-refractivity contribution in [3.8, 4) is 0 Å². The molecule has 0 spiro atoms. The molecule has 0 radical (unpaired) electrons. The second kappa shape index (κ2) is 5.26. The highest BCUT2D eigenvalue weighted by Gasteiger charge is 2.13. The lowest BCUT2D eigenvalue weighted by atomic mass is 10.4. The van der Waals surface area contributed by atoms with Crippen molar-refractivity contribution in [2.75, 3.05) is 12.4 Å². The number of rotatable bonds is 3. The summed E-state index contributed by atoms with van der Waals surface area (Å²) >= 11 is 0.946. The number of hydrogen-bond donors (Lipinski definition) is 1. The summed E-state index contributed by atoms with van der Waals surface area (Å²) in [4.78, 5) is 11.9. The van der Waals surface area contributed by atoms with Crippen molar-refractivity contribution < 1.29 is 8.78 Å². The molecule has 0 bridgehead atoms. The Hall–Kier alpha value is -1.76. The van der Waals surface area contributed by atoms with Crippen LogP contribution < -0.4 is 5.32 Å². The van der Waals surface area contributed by atoms with Crippen molar-refractivity contribution in [3.63, 3.8) is 0 Å².